The molecule has 0 aliphatic carbocycles. The molecular formula is C11H16N2O3. The third-order valence-corrected chi connectivity index (χ3v) is 2.03. The van der Waals surface area contributed by atoms with Gasteiger partial charge in [-0.2, -0.15) is 0 Å². The summed E-state index contributed by atoms with van der Waals surface area (Å²) in [5.74, 6) is -0.0186. The molecule has 0 saturated heterocycles. The van der Waals surface area contributed by atoms with E-state index in [0.29, 0.717) is 18.0 Å². The van der Waals surface area contributed by atoms with Gasteiger partial charge in [-0.25, -0.2) is 0 Å². The van der Waals surface area contributed by atoms with Gasteiger partial charge < -0.3 is 20.9 Å². The van der Waals surface area contributed by atoms with Gasteiger partial charge in [0, 0.05) is 12.8 Å². The second-order valence-electron chi connectivity index (χ2n) is 3.50. The molecule has 0 fully saturated rings. The quantitative estimate of drug-likeness (QED) is 0.723. The molecule has 0 aliphatic rings. The Morgan fingerprint density at radius 1 is 1.50 bits per heavy atom. The minimum atomic E-state index is -0.567. The zero-order valence-corrected chi connectivity index (χ0v) is 9.40. The molecule has 0 heterocycles. The third-order valence-electron chi connectivity index (χ3n) is 2.03. The number of carbonyl (C=O) groups is 1. The Labute approximate surface area is 94.3 Å². The highest BCUT2D eigenvalue weighted by atomic mass is 16.5. The van der Waals surface area contributed by atoms with Crippen LogP contribution in [0.4, 0.5) is 5.69 Å². The second-order valence-corrected chi connectivity index (χ2v) is 3.50. The molecule has 0 radical (unpaired) electrons. The van der Waals surface area contributed by atoms with Gasteiger partial charge in [-0.3, -0.25) is 4.79 Å². The summed E-state index contributed by atoms with van der Waals surface area (Å²) in [5.41, 5.74) is 11.4. The molecule has 0 spiro atoms. The van der Waals surface area contributed by atoms with E-state index in [1.54, 1.807) is 19.2 Å². The molecule has 5 heteroatoms. The zero-order valence-electron chi connectivity index (χ0n) is 9.40. The van der Waals surface area contributed by atoms with Crippen molar-refractivity contribution in [2.45, 2.75) is 13.0 Å². The summed E-state index contributed by atoms with van der Waals surface area (Å²) in [7, 11) is 1.59. The molecule has 4 N–H and O–H groups in total. The van der Waals surface area contributed by atoms with Crippen molar-refractivity contribution in [3.63, 3.8) is 0 Å². The van der Waals surface area contributed by atoms with Gasteiger partial charge >= 0.3 is 0 Å². The molecule has 0 saturated carbocycles. The zero-order chi connectivity index (χ0) is 12.1. The van der Waals surface area contributed by atoms with E-state index < -0.39 is 5.91 Å². The monoisotopic (exact) mass is 224 g/mol. The van der Waals surface area contributed by atoms with Crippen LogP contribution in [0, 0.1) is 0 Å². The van der Waals surface area contributed by atoms with Gasteiger partial charge in [0.1, 0.15) is 11.9 Å². The Bertz CT molecular complexity index is 379. The molecule has 16 heavy (non-hydrogen) atoms. The first-order valence-electron chi connectivity index (χ1n) is 4.89. The van der Waals surface area contributed by atoms with Crippen LogP contribution in [-0.2, 0) is 4.74 Å². The van der Waals surface area contributed by atoms with Crippen molar-refractivity contribution in [2.75, 3.05) is 19.5 Å². The molecular weight excluding hydrogens is 208 g/mol. The molecule has 1 aromatic rings. The van der Waals surface area contributed by atoms with Crippen molar-refractivity contribution in [1.29, 1.82) is 0 Å². The van der Waals surface area contributed by atoms with Crippen LogP contribution in [0.1, 0.15) is 17.3 Å². The van der Waals surface area contributed by atoms with Crippen molar-refractivity contribution in [1.82, 2.24) is 0 Å². The van der Waals surface area contributed by atoms with Gasteiger partial charge in [0.15, 0.2) is 0 Å². The Morgan fingerprint density at radius 3 is 2.75 bits per heavy atom. The first-order chi connectivity index (χ1) is 7.54. The highest BCUT2D eigenvalue weighted by Gasteiger charge is 2.09. The summed E-state index contributed by atoms with van der Waals surface area (Å²) in [5, 5.41) is 0. The maximum absolute atomic E-state index is 11.0. The van der Waals surface area contributed by atoms with Crippen LogP contribution in [0.15, 0.2) is 18.2 Å². The van der Waals surface area contributed by atoms with Gasteiger partial charge in [0.25, 0.3) is 5.91 Å². The number of nitrogen functional groups attached to an aromatic ring is 1. The van der Waals surface area contributed by atoms with Gasteiger partial charge in [0.2, 0.25) is 0 Å². The number of methoxy groups -OCH3 is 1. The predicted octanol–water partition coefficient (Wildman–Crippen LogP) is 0.781. The number of nitrogens with two attached hydrogens (primary N) is 2. The van der Waals surface area contributed by atoms with Crippen molar-refractivity contribution >= 4 is 11.6 Å². The Morgan fingerprint density at radius 2 is 2.19 bits per heavy atom. The number of rotatable bonds is 5. The fourth-order valence-corrected chi connectivity index (χ4v) is 1.32. The largest absolute Gasteiger partial charge is 0.488 e. The van der Waals surface area contributed by atoms with Crippen molar-refractivity contribution in [3.8, 4) is 5.75 Å². The van der Waals surface area contributed by atoms with Gasteiger partial charge in [-0.05, 0) is 25.1 Å². The number of anilines is 1. The fraction of sp³-hybridized carbons (Fsp3) is 0.364. The average molecular weight is 224 g/mol. The van der Waals surface area contributed by atoms with Crippen LogP contribution in [0.3, 0.4) is 0 Å². The molecule has 1 atom stereocenters. The topological polar surface area (TPSA) is 87.6 Å². The summed E-state index contributed by atoms with van der Waals surface area (Å²) in [6, 6.07) is 4.81. The number of amides is 1. The lowest BCUT2D eigenvalue weighted by molar-refractivity contribution is 0.0916. The first-order valence-corrected chi connectivity index (χ1v) is 4.89. The second kappa shape index (κ2) is 5.37. The minimum absolute atomic E-state index is 0.102. The van der Waals surface area contributed by atoms with Gasteiger partial charge in [-0.1, -0.05) is 0 Å². The summed E-state index contributed by atoms with van der Waals surface area (Å²) in [6.45, 7) is 2.33. The summed E-state index contributed by atoms with van der Waals surface area (Å²) < 4.78 is 10.4. The van der Waals surface area contributed by atoms with Crippen LogP contribution in [0.25, 0.3) is 0 Å². The van der Waals surface area contributed by atoms with Crippen LogP contribution in [0.5, 0.6) is 5.75 Å². The van der Waals surface area contributed by atoms with E-state index in [9.17, 15) is 4.79 Å². The van der Waals surface area contributed by atoms with E-state index in [1.165, 1.54) is 6.07 Å². The Balaban J connectivity index is 2.82. The summed E-state index contributed by atoms with van der Waals surface area (Å²) in [6.07, 6.45) is -0.102. The summed E-state index contributed by atoms with van der Waals surface area (Å²) in [4.78, 5) is 11.0. The van der Waals surface area contributed by atoms with Crippen LogP contribution >= 0.6 is 0 Å². The number of hydrogen-bond acceptors (Lipinski definition) is 4. The molecule has 0 aromatic heterocycles. The first kappa shape index (κ1) is 12.3. The SMILES string of the molecule is COCC(C)Oc1ccc(N)c(C(N)=O)c1. The molecule has 1 rings (SSSR count). The Hall–Kier alpha value is -1.75. The van der Waals surface area contributed by atoms with Crippen LogP contribution < -0.4 is 16.2 Å². The molecule has 1 aromatic carbocycles. The van der Waals surface area contributed by atoms with E-state index in [0.717, 1.165) is 0 Å². The van der Waals surface area contributed by atoms with E-state index in [2.05, 4.69) is 0 Å². The number of hydrogen-bond donors (Lipinski definition) is 2. The molecule has 0 aliphatic heterocycles. The maximum atomic E-state index is 11.0. The smallest absolute Gasteiger partial charge is 0.250 e. The van der Waals surface area contributed by atoms with E-state index in [4.69, 9.17) is 20.9 Å². The van der Waals surface area contributed by atoms with Crippen molar-refractivity contribution in [2.24, 2.45) is 5.73 Å². The number of ether oxygens (including phenoxy) is 2. The highest BCUT2D eigenvalue weighted by molar-refractivity contribution is 5.98. The lowest BCUT2D eigenvalue weighted by Crippen LogP contribution is -2.19. The predicted molar refractivity (Wildman–Crippen MR) is 61.3 cm³/mol. The molecule has 0 bridgehead atoms. The lowest BCUT2D eigenvalue weighted by atomic mass is 10.1. The molecule has 5 nitrogen and oxygen atoms in total. The Kier molecular flexibility index (Phi) is 4.13. The van der Waals surface area contributed by atoms with E-state index in [-0.39, 0.29) is 11.7 Å². The number of benzene rings is 1. The third kappa shape index (κ3) is 3.13. The van der Waals surface area contributed by atoms with Crippen molar-refractivity contribution < 1.29 is 14.3 Å². The standard InChI is InChI=1S/C11H16N2O3/c1-7(6-15-2)16-8-3-4-10(12)9(5-8)11(13)14/h3-5,7H,6,12H2,1-2H3,(H2,13,14). The van der Waals surface area contributed by atoms with Crippen LogP contribution in [0.2, 0.25) is 0 Å². The number of carbonyl (C=O) groups excluding carboxylic acids is 1. The maximum Gasteiger partial charge on any atom is 0.250 e. The van der Waals surface area contributed by atoms with E-state index in [1.807, 2.05) is 6.92 Å². The number of primary amides is 1. The van der Waals surface area contributed by atoms with Crippen molar-refractivity contribution in [3.05, 3.63) is 23.8 Å². The van der Waals surface area contributed by atoms with Gasteiger partial charge in [0.05, 0.1) is 12.2 Å². The molecule has 1 unspecified atom stereocenters. The molecule has 1 amide bonds. The minimum Gasteiger partial charge on any atom is -0.488 e. The average Bonchev–Trinajstić information content (AvgIpc) is 2.21. The normalized spacial score (nSPS) is 12.1. The molecule has 88 valence electrons. The summed E-state index contributed by atoms with van der Waals surface area (Å²) >= 11 is 0. The van der Waals surface area contributed by atoms with E-state index >= 15 is 0 Å². The van der Waals surface area contributed by atoms with Gasteiger partial charge in [-0.15, -0.1) is 0 Å². The van der Waals surface area contributed by atoms with Crippen LogP contribution in [-0.4, -0.2) is 25.7 Å². The highest BCUT2D eigenvalue weighted by Crippen LogP contribution is 2.20. The lowest BCUT2D eigenvalue weighted by Gasteiger charge is -2.14. The fourth-order valence-electron chi connectivity index (χ4n) is 1.32.